The van der Waals surface area contributed by atoms with Gasteiger partial charge in [0.2, 0.25) is 5.91 Å². The largest absolute Gasteiger partial charge is 0.381 e. The van der Waals surface area contributed by atoms with Crippen molar-refractivity contribution < 1.29 is 9.59 Å². The van der Waals surface area contributed by atoms with Gasteiger partial charge in [-0.15, -0.1) is 0 Å². The number of nitrogens with zero attached hydrogens (tertiary/aromatic N) is 2. The van der Waals surface area contributed by atoms with Crippen molar-refractivity contribution >= 4 is 23.3 Å². The van der Waals surface area contributed by atoms with Gasteiger partial charge in [0.25, 0.3) is 0 Å². The molecule has 2 aliphatic heterocycles. The summed E-state index contributed by atoms with van der Waals surface area (Å²) >= 11 is 0. The Morgan fingerprint density at radius 3 is 2.76 bits per heavy atom. The molecule has 4 aliphatic rings. The van der Waals surface area contributed by atoms with Crippen molar-refractivity contribution in [3.63, 3.8) is 0 Å². The smallest absolute Gasteiger partial charge is 0.319 e. The Balaban J connectivity index is 1.22. The van der Waals surface area contributed by atoms with Crippen LogP contribution in [0.3, 0.4) is 0 Å². The maximum absolute atomic E-state index is 14.2. The van der Waals surface area contributed by atoms with Crippen LogP contribution in [0.2, 0.25) is 0 Å². The first-order chi connectivity index (χ1) is 18.2. The highest BCUT2D eigenvalue weighted by Crippen LogP contribution is 2.49. The number of allylic oxidation sites excluding steroid dienone is 3. The lowest BCUT2D eigenvalue weighted by Gasteiger charge is -2.44. The van der Waals surface area contributed by atoms with Gasteiger partial charge < -0.3 is 20.9 Å². The first-order valence-corrected chi connectivity index (χ1v) is 13.7. The average Bonchev–Trinajstić information content (AvgIpc) is 3.39. The van der Waals surface area contributed by atoms with Crippen molar-refractivity contribution in [2.24, 2.45) is 17.8 Å². The minimum absolute atomic E-state index is 0.0704. The van der Waals surface area contributed by atoms with E-state index in [0.717, 1.165) is 50.8 Å². The van der Waals surface area contributed by atoms with E-state index in [-0.39, 0.29) is 29.9 Å². The summed E-state index contributed by atoms with van der Waals surface area (Å²) in [5, 5.41) is 9.82. The van der Waals surface area contributed by atoms with Gasteiger partial charge in [0.05, 0.1) is 23.8 Å². The Labute approximate surface area is 218 Å². The van der Waals surface area contributed by atoms with E-state index in [9.17, 15) is 9.59 Å². The third-order valence-corrected chi connectivity index (χ3v) is 8.58. The summed E-state index contributed by atoms with van der Waals surface area (Å²) in [7, 11) is 0. The number of likely N-dealkylation sites (tertiary alicyclic amines) is 1. The number of amides is 3. The molecule has 0 bridgehead atoms. The maximum atomic E-state index is 14.2. The number of pyridine rings is 1. The lowest BCUT2D eigenvalue weighted by molar-refractivity contribution is -0.138. The van der Waals surface area contributed by atoms with Crippen LogP contribution in [0.25, 0.3) is 0 Å². The second kappa shape index (κ2) is 10.4. The van der Waals surface area contributed by atoms with Gasteiger partial charge in [0, 0.05) is 42.3 Å². The summed E-state index contributed by atoms with van der Waals surface area (Å²) in [6, 6.07) is 12.0. The molecule has 0 spiro atoms. The summed E-state index contributed by atoms with van der Waals surface area (Å²) < 4.78 is 0. The summed E-state index contributed by atoms with van der Waals surface area (Å²) in [5.41, 5.74) is 3.01. The zero-order chi connectivity index (χ0) is 25.2. The fraction of sp³-hybridized carbons (Fsp3) is 0.433. The van der Waals surface area contributed by atoms with Crippen LogP contribution in [0.1, 0.15) is 50.1 Å². The van der Waals surface area contributed by atoms with Crippen LogP contribution >= 0.6 is 0 Å². The number of carbonyl (C=O) groups is 2. The van der Waals surface area contributed by atoms with Crippen LogP contribution in [0, 0.1) is 17.8 Å². The third-order valence-electron chi connectivity index (χ3n) is 8.58. The minimum atomic E-state index is -0.276. The van der Waals surface area contributed by atoms with Gasteiger partial charge in [-0.2, -0.15) is 0 Å². The molecule has 37 heavy (non-hydrogen) atoms. The SMILES string of the molecule is O=C(Nc1cccnc1)N[C@@H]1CCCC[C@@H]1C(=O)N1CC[C@@H]2[C@H](C3C=CC=CC3)Nc3ccccc3[C@@H]21. The topological polar surface area (TPSA) is 86.4 Å². The van der Waals surface area contributed by atoms with Gasteiger partial charge in [-0.1, -0.05) is 55.3 Å². The predicted octanol–water partition coefficient (Wildman–Crippen LogP) is 5.28. The van der Waals surface area contributed by atoms with Crippen LogP contribution in [0.15, 0.2) is 73.1 Å². The standard InChI is InChI=1S/C30H35N5O2/c36-29(23-13-5-7-15-26(23)34-30(37)32-21-11-8-17-31-19-21)35-18-16-24-27(20-9-2-1-3-10-20)33-25-14-6-4-12-22(25)28(24)35/h1-4,6,8-9,11-12,14,17,19-20,23-24,26-28,33H,5,7,10,13,15-16,18H2,(H2,32,34,37)/t20?,23-,24+,26+,27-,28-/m0/s1. The van der Waals surface area contributed by atoms with E-state index in [4.69, 9.17) is 0 Å². The van der Waals surface area contributed by atoms with Crippen molar-refractivity contribution in [1.29, 1.82) is 0 Å². The molecule has 6 rings (SSSR count). The highest BCUT2D eigenvalue weighted by atomic mass is 16.2. The van der Waals surface area contributed by atoms with Crippen LogP contribution in [0.5, 0.6) is 0 Å². The molecule has 1 saturated heterocycles. The molecule has 2 aromatic rings. The van der Waals surface area contributed by atoms with Crippen LogP contribution < -0.4 is 16.0 Å². The molecule has 1 saturated carbocycles. The van der Waals surface area contributed by atoms with E-state index >= 15 is 0 Å². The van der Waals surface area contributed by atoms with Crippen molar-refractivity contribution in [2.45, 2.75) is 56.7 Å². The second-order valence-electron chi connectivity index (χ2n) is 10.7. The van der Waals surface area contributed by atoms with E-state index in [1.54, 1.807) is 18.5 Å². The van der Waals surface area contributed by atoms with E-state index in [2.05, 4.69) is 74.4 Å². The molecule has 7 nitrogen and oxygen atoms in total. The average molecular weight is 498 g/mol. The van der Waals surface area contributed by atoms with Crippen molar-refractivity contribution in [1.82, 2.24) is 15.2 Å². The fourth-order valence-corrected chi connectivity index (χ4v) is 6.89. The third kappa shape index (κ3) is 4.75. The van der Waals surface area contributed by atoms with Crippen molar-refractivity contribution in [3.05, 3.63) is 78.7 Å². The normalized spacial score (nSPS) is 30.1. The Hall–Kier alpha value is -3.61. The predicted molar refractivity (Wildman–Crippen MR) is 145 cm³/mol. The number of urea groups is 1. The molecule has 3 heterocycles. The fourth-order valence-electron chi connectivity index (χ4n) is 6.89. The Morgan fingerprint density at radius 1 is 1.03 bits per heavy atom. The van der Waals surface area contributed by atoms with E-state index in [0.29, 0.717) is 23.6 Å². The summed E-state index contributed by atoms with van der Waals surface area (Å²) in [4.78, 5) is 33.2. The monoisotopic (exact) mass is 497 g/mol. The molecule has 2 aliphatic carbocycles. The molecule has 0 radical (unpaired) electrons. The van der Waals surface area contributed by atoms with Gasteiger partial charge in [-0.25, -0.2) is 4.79 Å². The number of benzene rings is 1. The number of carbonyl (C=O) groups excluding carboxylic acids is 2. The van der Waals surface area contributed by atoms with Crippen LogP contribution in [-0.4, -0.2) is 40.5 Å². The van der Waals surface area contributed by atoms with Gasteiger partial charge in [0.1, 0.15) is 0 Å². The Bertz CT molecular complexity index is 1200. The molecule has 2 fully saturated rings. The van der Waals surface area contributed by atoms with Gasteiger partial charge >= 0.3 is 6.03 Å². The van der Waals surface area contributed by atoms with Crippen molar-refractivity contribution in [2.75, 3.05) is 17.2 Å². The zero-order valence-electron chi connectivity index (χ0n) is 21.1. The van der Waals surface area contributed by atoms with Crippen LogP contribution in [0.4, 0.5) is 16.2 Å². The van der Waals surface area contributed by atoms with E-state index < -0.39 is 0 Å². The summed E-state index contributed by atoms with van der Waals surface area (Å²) in [6.07, 6.45) is 17.8. The number of aromatic nitrogens is 1. The second-order valence-corrected chi connectivity index (χ2v) is 10.7. The summed E-state index contributed by atoms with van der Waals surface area (Å²) in [5.74, 6) is 0.767. The van der Waals surface area contributed by atoms with E-state index in [1.807, 2.05) is 6.07 Å². The quantitative estimate of drug-likeness (QED) is 0.537. The highest BCUT2D eigenvalue weighted by molar-refractivity contribution is 5.90. The number of fused-ring (bicyclic) bond motifs is 3. The molecule has 3 amide bonds. The van der Waals surface area contributed by atoms with Gasteiger partial charge in [0.15, 0.2) is 0 Å². The molecular formula is C30H35N5O2. The highest BCUT2D eigenvalue weighted by Gasteiger charge is 2.49. The first-order valence-electron chi connectivity index (χ1n) is 13.7. The van der Waals surface area contributed by atoms with Gasteiger partial charge in [-0.05, 0) is 49.4 Å². The van der Waals surface area contributed by atoms with E-state index in [1.165, 1.54) is 5.56 Å². The number of para-hydroxylation sites is 1. The molecule has 1 aromatic carbocycles. The molecule has 6 atom stereocenters. The number of anilines is 2. The van der Waals surface area contributed by atoms with Crippen molar-refractivity contribution in [3.8, 4) is 0 Å². The number of rotatable bonds is 4. The lowest BCUT2D eigenvalue weighted by atomic mass is 9.75. The molecule has 1 aromatic heterocycles. The number of hydrogen-bond acceptors (Lipinski definition) is 4. The molecule has 192 valence electrons. The zero-order valence-corrected chi connectivity index (χ0v) is 21.1. The number of nitrogens with one attached hydrogen (secondary N) is 3. The number of hydrogen-bond donors (Lipinski definition) is 3. The summed E-state index contributed by atoms with van der Waals surface area (Å²) in [6.45, 7) is 0.762. The first kappa shape index (κ1) is 23.8. The minimum Gasteiger partial charge on any atom is -0.381 e. The molecule has 3 N–H and O–H groups in total. The molecular weight excluding hydrogens is 462 g/mol. The molecule has 1 unspecified atom stereocenters. The Kier molecular flexibility index (Phi) is 6.68. The maximum Gasteiger partial charge on any atom is 0.319 e. The van der Waals surface area contributed by atoms with Gasteiger partial charge in [-0.3, -0.25) is 9.78 Å². The lowest BCUT2D eigenvalue weighted by Crippen LogP contribution is -2.51. The Morgan fingerprint density at radius 2 is 1.92 bits per heavy atom. The molecule has 7 heteroatoms. The van der Waals surface area contributed by atoms with Crippen LogP contribution in [-0.2, 0) is 4.79 Å².